The maximum absolute atomic E-state index is 3.41. The summed E-state index contributed by atoms with van der Waals surface area (Å²) < 4.78 is 0. The van der Waals surface area contributed by atoms with Crippen molar-refractivity contribution < 1.29 is 0 Å². The average Bonchev–Trinajstić information content (AvgIpc) is 2.37. The summed E-state index contributed by atoms with van der Waals surface area (Å²) in [6, 6.07) is 0. The van der Waals surface area contributed by atoms with Crippen molar-refractivity contribution in [3.63, 3.8) is 0 Å². The molecule has 0 unspecified atom stereocenters. The fraction of sp³-hybridized carbons (Fsp3) is 0.600. The maximum atomic E-state index is 3.41. The van der Waals surface area contributed by atoms with Gasteiger partial charge in [-0.3, -0.25) is 0 Å². The third-order valence-electron chi connectivity index (χ3n) is 2.36. The lowest BCUT2D eigenvalue weighted by Crippen LogP contribution is -2.11. The zero-order valence-corrected chi connectivity index (χ0v) is 8.72. The third kappa shape index (κ3) is 1.14. The predicted octanol–water partition coefficient (Wildman–Crippen LogP) is 3.01. The van der Waals surface area contributed by atoms with E-state index in [4.69, 9.17) is 0 Å². The smallest absolute Gasteiger partial charge is 0.0918 e. The summed E-state index contributed by atoms with van der Waals surface area (Å²) in [5.41, 5.74) is 3.41. The van der Waals surface area contributed by atoms with E-state index < -0.39 is 0 Å². The fourth-order valence-electron chi connectivity index (χ4n) is 1.71. The highest BCUT2D eigenvalue weighted by Gasteiger charge is 2.24. The molecule has 0 fully saturated rings. The van der Waals surface area contributed by atoms with E-state index in [1.165, 1.54) is 17.0 Å². The molecule has 0 amide bonds. The highest BCUT2D eigenvalue weighted by atomic mass is 32.1. The summed E-state index contributed by atoms with van der Waals surface area (Å²) in [5.74, 6) is 0. The second kappa shape index (κ2) is 2.49. The third-order valence-corrected chi connectivity index (χ3v) is 3.34. The van der Waals surface area contributed by atoms with Crippen LogP contribution in [0.2, 0.25) is 0 Å². The summed E-state index contributed by atoms with van der Waals surface area (Å²) in [5, 5.41) is 7.12. The normalized spacial score (nSPS) is 15.9. The van der Waals surface area contributed by atoms with Gasteiger partial charge in [-0.25, -0.2) is 0 Å². The Labute approximate surface area is 77.8 Å². The van der Waals surface area contributed by atoms with E-state index >= 15 is 0 Å². The van der Waals surface area contributed by atoms with E-state index in [-0.39, 0.29) is 0 Å². The molecule has 1 N–H and O–H groups in total. The average molecular weight is 181 g/mol. The molecule has 2 rings (SSSR count). The van der Waals surface area contributed by atoms with Gasteiger partial charge in [0.05, 0.1) is 5.00 Å². The first-order valence-corrected chi connectivity index (χ1v) is 5.32. The van der Waals surface area contributed by atoms with Crippen LogP contribution in [0.1, 0.15) is 31.9 Å². The van der Waals surface area contributed by atoms with Crippen LogP contribution in [0.5, 0.6) is 0 Å². The molecule has 1 aromatic rings. The molecule has 0 atom stereocenters. The van der Waals surface area contributed by atoms with Crippen molar-refractivity contribution in [2.45, 2.75) is 32.6 Å². The van der Waals surface area contributed by atoms with Crippen LogP contribution < -0.4 is 5.32 Å². The van der Waals surface area contributed by atoms with E-state index in [0.717, 1.165) is 6.54 Å². The van der Waals surface area contributed by atoms with Gasteiger partial charge in [0.25, 0.3) is 0 Å². The Balaban J connectivity index is 2.46. The first kappa shape index (κ1) is 8.11. The Hall–Kier alpha value is -0.500. The van der Waals surface area contributed by atoms with Crippen molar-refractivity contribution >= 4 is 16.3 Å². The molecule has 0 radical (unpaired) electrons. The number of fused-ring (bicyclic) bond motifs is 1. The van der Waals surface area contributed by atoms with Gasteiger partial charge in [-0.15, -0.1) is 11.3 Å². The van der Waals surface area contributed by atoms with Gasteiger partial charge in [0.15, 0.2) is 0 Å². The maximum Gasteiger partial charge on any atom is 0.0918 e. The molecule has 0 spiro atoms. The van der Waals surface area contributed by atoms with Crippen LogP contribution >= 0.6 is 11.3 Å². The summed E-state index contributed by atoms with van der Waals surface area (Å²) in [6.07, 6.45) is 1.21. The second-order valence-corrected chi connectivity index (χ2v) is 5.26. The van der Waals surface area contributed by atoms with Crippen molar-refractivity contribution in [1.82, 2.24) is 0 Å². The van der Waals surface area contributed by atoms with Crippen molar-refractivity contribution in [2.24, 2.45) is 0 Å². The molecule has 0 aliphatic carbocycles. The lowest BCUT2D eigenvalue weighted by molar-refractivity contribution is 0.587. The molecule has 12 heavy (non-hydrogen) atoms. The van der Waals surface area contributed by atoms with E-state index in [1.807, 2.05) is 11.3 Å². The predicted molar refractivity (Wildman–Crippen MR) is 55.2 cm³/mol. The number of anilines is 1. The standard InChI is InChI=1S/C10H15NS/c1-10(2,3)8-6-12-9-7(8)4-5-11-9/h6,11H,4-5H2,1-3H3. The van der Waals surface area contributed by atoms with Crippen LogP contribution in [0.15, 0.2) is 5.38 Å². The van der Waals surface area contributed by atoms with Gasteiger partial charge in [0.1, 0.15) is 0 Å². The number of nitrogens with one attached hydrogen (secondary N) is 1. The Bertz CT molecular complexity index is 293. The zero-order valence-electron chi connectivity index (χ0n) is 7.90. The summed E-state index contributed by atoms with van der Waals surface area (Å²) >= 11 is 1.85. The Morgan fingerprint density at radius 1 is 1.42 bits per heavy atom. The molecule has 0 aromatic carbocycles. The molecule has 66 valence electrons. The molecule has 0 saturated heterocycles. The molecule has 1 nitrogen and oxygen atoms in total. The lowest BCUT2D eigenvalue weighted by atomic mass is 9.86. The van der Waals surface area contributed by atoms with Crippen molar-refractivity contribution in [1.29, 1.82) is 0 Å². The highest BCUT2D eigenvalue weighted by Crippen LogP contribution is 2.38. The molecule has 2 heteroatoms. The van der Waals surface area contributed by atoms with Gasteiger partial charge in [0.2, 0.25) is 0 Å². The van der Waals surface area contributed by atoms with E-state index in [2.05, 4.69) is 31.5 Å². The zero-order chi connectivity index (χ0) is 8.77. The van der Waals surface area contributed by atoms with Crippen LogP contribution in [-0.4, -0.2) is 6.54 Å². The van der Waals surface area contributed by atoms with Crippen LogP contribution in [0.4, 0.5) is 5.00 Å². The summed E-state index contributed by atoms with van der Waals surface area (Å²) in [4.78, 5) is 0. The SMILES string of the molecule is CC(C)(C)c1csc2c1CCN2. The minimum absolute atomic E-state index is 0.316. The van der Waals surface area contributed by atoms with Gasteiger partial charge < -0.3 is 5.32 Å². The lowest BCUT2D eigenvalue weighted by Gasteiger charge is -2.18. The summed E-state index contributed by atoms with van der Waals surface area (Å²) in [6.45, 7) is 7.99. The van der Waals surface area contributed by atoms with Crippen LogP contribution in [0.3, 0.4) is 0 Å². The monoisotopic (exact) mass is 181 g/mol. The van der Waals surface area contributed by atoms with E-state index in [9.17, 15) is 0 Å². The number of hydrogen-bond acceptors (Lipinski definition) is 2. The van der Waals surface area contributed by atoms with Crippen LogP contribution in [0.25, 0.3) is 0 Å². The number of thiophene rings is 1. The Morgan fingerprint density at radius 2 is 2.17 bits per heavy atom. The van der Waals surface area contributed by atoms with E-state index in [0.29, 0.717) is 5.41 Å². The minimum atomic E-state index is 0.316. The summed E-state index contributed by atoms with van der Waals surface area (Å²) in [7, 11) is 0. The van der Waals surface area contributed by atoms with Crippen molar-refractivity contribution in [3.05, 3.63) is 16.5 Å². The van der Waals surface area contributed by atoms with Gasteiger partial charge >= 0.3 is 0 Å². The molecule has 0 bridgehead atoms. The number of rotatable bonds is 0. The van der Waals surface area contributed by atoms with Gasteiger partial charge in [0, 0.05) is 6.54 Å². The Morgan fingerprint density at radius 3 is 2.83 bits per heavy atom. The first-order valence-electron chi connectivity index (χ1n) is 4.44. The molecule has 2 heterocycles. The molecule has 1 aliphatic rings. The van der Waals surface area contributed by atoms with Crippen molar-refractivity contribution in [3.8, 4) is 0 Å². The van der Waals surface area contributed by atoms with Gasteiger partial charge in [-0.05, 0) is 28.3 Å². The topological polar surface area (TPSA) is 12.0 Å². The fourth-order valence-corrected chi connectivity index (χ4v) is 2.98. The first-order chi connectivity index (χ1) is 5.59. The largest absolute Gasteiger partial charge is 0.376 e. The second-order valence-electron chi connectivity index (χ2n) is 4.38. The quantitative estimate of drug-likeness (QED) is 0.648. The van der Waals surface area contributed by atoms with Crippen LogP contribution in [0, 0.1) is 0 Å². The van der Waals surface area contributed by atoms with Crippen LogP contribution in [-0.2, 0) is 11.8 Å². The minimum Gasteiger partial charge on any atom is -0.376 e. The number of hydrogen-bond donors (Lipinski definition) is 1. The van der Waals surface area contributed by atoms with Gasteiger partial charge in [-0.1, -0.05) is 20.8 Å². The van der Waals surface area contributed by atoms with Crippen molar-refractivity contribution in [2.75, 3.05) is 11.9 Å². The molecular weight excluding hydrogens is 166 g/mol. The molecule has 0 saturated carbocycles. The Kier molecular flexibility index (Phi) is 1.69. The molecule has 1 aliphatic heterocycles. The molecule has 1 aromatic heterocycles. The van der Waals surface area contributed by atoms with Gasteiger partial charge in [-0.2, -0.15) is 0 Å². The van der Waals surface area contributed by atoms with E-state index in [1.54, 1.807) is 5.56 Å². The highest BCUT2D eigenvalue weighted by molar-refractivity contribution is 7.14. The molecular formula is C10H15NS.